The van der Waals surface area contributed by atoms with Gasteiger partial charge in [0, 0.05) is 27.8 Å². The Kier molecular flexibility index (Phi) is 5.00. The van der Waals surface area contributed by atoms with Gasteiger partial charge in [0.1, 0.15) is 23.9 Å². The number of halogens is 2. The first kappa shape index (κ1) is 18.1. The van der Waals surface area contributed by atoms with E-state index in [1.54, 1.807) is 48.7 Å². The fraction of sp³-hybridized carbons (Fsp3) is 0.0455. The van der Waals surface area contributed by atoms with E-state index in [1.807, 2.05) is 12.1 Å². The van der Waals surface area contributed by atoms with Gasteiger partial charge in [-0.3, -0.25) is 5.10 Å². The van der Waals surface area contributed by atoms with Crippen molar-refractivity contribution in [2.45, 2.75) is 6.61 Å². The highest BCUT2D eigenvalue weighted by Crippen LogP contribution is 2.37. The molecule has 0 aliphatic heterocycles. The fourth-order valence-electron chi connectivity index (χ4n) is 2.93. The first-order valence-corrected chi connectivity index (χ1v) is 8.98. The van der Waals surface area contributed by atoms with E-state index in [1.165, 1.54) is 12.1 Å². The minimum absolute atomic E-state index is 0.0329. The molecule has 0 fully saturated rings. The topological polar surface area (TPSA) is 58.1 Å². The van der Waals surface area contributed by atoms with Crippen molar-refractivity contribution in [1.29, 1.82) is 0 Å². The molecule has 28 heavy (non-hydrogen) atoms. The number of phenols is 1. The molecule has 6 heteroatoms. The Morgan fingerprint density at radius 2 is 1.79 bits per heavy atom. The molecule has 0 spiro atoms. The molecule has 1 aromatic heterocycles. The van der Waals surface area contributed by atoms with Crippen LogP contribution in [0.25, 0.3) is 22.4 Å². The van der Waals surface area contributed by atoms with Gasteiger partial charge < -0.3 is 9.84 Å². The number of aromatic nitrogens is 2. The lowest BCUT2D eigenvalue weighted by Gasteiger charge is -2.10. The van der Waals surface area contributed by atoms with Gasteiger partial charge in [-0.1, -0.05) is 41.9 Å². The maximum absolute atomic E-state index is 13.7. The monoisotopic (exact) mass is 394 g/mol. The molecule has 0 bridgehead atoms. The van der Waals surface area contributed by atoms with Crippen LogP contribution in [0.1, 0.15) is 5.56 Å². The Balaban J connectivity index is 1.58. The summed E-state index contributed by atoms with van der Waals surface area (Å²) < 4.78 is 19.3. The van der Waals surface area contributed by atoms with E-state index in [0.717, 1.165) is 11.1 Å². The summed E-state index contributed by atoms with van der Waals surface area (Å²) in [5, 5.41) is 18.2. The zero-order chi connectivity index (χ0) is 19.5. The number of ether oxygens (including phenoxy) is 1. The second kappa shape index (κ2) is 7.74. The number of rotatable bonds is 5. The van der Waals surface area contributed by atoms with E-state index < -0.39 is 0 Å². The van der Waals surface area contributed by atoms with Crippen LogP contribution < -0.4 is 4.74 Å². The molecular formula is C22H16ClFN2O2. The molecule has 3 aromatic carbocycles. The number of benzene rings is 3. The third-order valence-corrected chi connectivity index (χ3v) is 4.64. The minimum Gasteiger partial charge on any atom is -0.507 e. The van der Waals surface area contributed by atoms with Crippen LogP contribution in [0, 0.1) is 5.82 Å². The largest absolute Gasteiger partial charge is 0.507 e. The van der Waals surface area contributed by atoms with Crippen LogP contribution in [-0.2, 0) is 6.61 Å². The molecule has 0 saturated carbocycles. The quantitative estimate of drug-likeness (QED) is 0.448. The summed E-state index contributed by atoms with van der Waals surface area (Å²) in [6.07, 6.45) is 1.70. The van der Waals surface area contributed by atoms with Crippen LogP contribution in [0.4, 0.5) is 4.39 Å². The van der Waals surface area contributed by atoms with Crippen LogP contribution >= 0.6 is 11.6 Å². The van der Waals surface area contributed by atoms with Crippen LogP contribution in [-0.4, -0.2) is 15.3 Å². The van der Waals surface area contributed by atoms with Crippen LogP contribution in [0.3, 0.4) is 0 Å². The first-order chi connectivity index (χ1) is 13.6. The Bertz CT molecular complexity index is 1110. The van der Waals surface area contributed by atoms with E-state index in [-0.39, 0.29) is 18.2 Å². The third kappa shape index (κ3) is 3.70. The number of nitrogens with zero attached hydrogens (tertiary/aromatic N) is 1. The Hall–Kier alpha value is -3.31. The van der Waals surface area contributed by atoms with Gasteiger partial charge in [-0.25, -0.2) is 4.39 Å². The van der Waals surface area contributed by atoms with Crippen molar-refractivity contribution in [1.82, 2.24) is 10.2 Å². The average Bonchev–Trinajstić information content (AvgIpc) is 3.17. The van der Waals surface area contributed by atoms with Crippen molar-refractivity contribution < 1.29 is 14.2 Å². The van der Waals surface area contributed by atoms with E-state index in [0.29, 0.717) is 27.6 Å². The number of hydrogen-bond donors (Lipinski definition) is 2. The van der Waals surface area contributed by atoms with Gasteiger partial charge in [-0.2, -0.15) is 5.10 Å². The van der Waals surface area contributed by atoms with E-state index in [9.17, 15) is 9.50 Å². The number of phenolic OH excluding ortho intramolecular Hbond substituents is 1. The van der Waals surface area contributed by atoms with Crippen LogP contribution in [0.2, 0.25) is 5.02 Å². The summed E-state index contributed by atoms with van der Waals surface area (Å²) in [6.45, 7) is 0.0749. The summed E-state index contributed by atoms with van der Waals surface area (Å²) in [6, 6.07) is 18.8. The standard InChI is InChI=1S/C22H16ClFN2O2/c23-16-7-5-14(6-8-16)19-12-25-26-22(19)18-10-9-17(11-21(18)27)28-13-15-3-1-2-4-20(15)24/h1-12,27H,13H2,(H,25,26). The molecule has 4 nitrogen and oxygen atoms in total. The minimum atomic E-state index is -0.326. The molecule has 4 aromatic rings. The molecule has 0 amide bonds. The molecule has 0 radical (unpaired) electrons. The number of nitrogens with one attached hydrogen (secondary N) is 1. The van der Waals surface area contributed by atoms with Crippen molar-refractivity contribution in [2.75, 3.05) is 0 Å². The van der Waals surface area contributed by atoms with Gasteiger partial charge >= 0.3 is 0 Å². The zero-order valence-electron chi connectivity index (χ0n) is 14.7. The lowest BCUT2D eigenvalue weighted by molar-refractivity contribution is 0.298. The maximum Gasteiger partial charge on any atom is 0.129 e. The van der Waals surface area contributed by atoms with Gasteiger partial charge in [-0.05, 0) is 35.9 Å². The summed E-state index contributed by atoms with van der Waals surface area (Å²) in [5.41, 5.74) is 3.48. The van der Waals surface area contributed by atoms with E-state index in [4.69, 9.17) is 16.3 Å². The second-order valence-corrected chi connectivity index (χ2v) is 6.66. The number of hydrogen-bond acceptors (Lipinski definition) is 3. The number of aromatic hydroxyl groups is 1. The van der Waals surface area contributed by atoms with Crippen molar-refractivity contribution in [3.8, 4) is 33.9 Å². The van der Waals surface area contributed by atoms with E-state index >= 15 is 0 Å². The van der Waals surface area contributed by atoms with Crippen molar-refractivity contribution in [3.05, 3.63) is 89.3 Å². The molecular weight excluding hydrogens is 379 g/mol. The van der Waals surface area contributed by atoms with Gasteiger partial charge in [0.25, 0.3) is 0 Å². The SMILES string of the molecule is Oc1cc(OCc2ccccc2F)ccc1-c1[nH]ncc1-c1ccc(Cl)cc1. The average molecular weight is 395 g/mol. The molecule has 0 aliphatic rings. The molecule has 0 unspecified atom stereocenters. The maximum atomic E-state index is 13.7. The van der Waals surface area contributed by atoms with Crippen LogP contribution in [0.5, 0.6) is 11.5 Å². The third-order valence-electron chi connectivity index (χ3n) is 4.39. The normalized spacial score (nSPS) is 10.8. The van der Waals surface area contributed by atoms with Crippen molar-refractivity contribution in [3.63, 3.8) is 0 Å². The summed E-state index contributed by atoms with van der Waals surface area (Å²) >= 11 is 5.96. The highest BCUT2D eigenvalue weighted by Gasteiger charge is 2.14. The van der Waals surface area contributed by atoms with Gasteiger partial charge in [0.05, 0.1) is 11.9 Å². The molecule has 140 valence electrons. The van der Waals surface area contributed by atoms with E-state index in [2.05, 4.69) is 10.2 Å². The van der Waals surface area contributed by atoms with Crippen molar-refractivity contribution in [2.24, 2.45) is 0 Å². The highest BCUT2D eigenvalue weighted by atomic mass is 35.5. The summed E-state index contributed by atoms with van der Waals surface area (Å²) in [4.78, 5) is 0. The molecule has 0 atom stereocenters. The lowest BCUT2D eigenvalue weighted by Crippen LogP contribution is -1.98. The molecule has 1 heterocycles. The second-order valence-electron chi connectivity index (χ2n) is 6.22. The predicted molar refractivity (Wildman–Crippen MR) is 107 cm³/mol. The lowest BCUT2D eigenvalue weighted by atomic mass is 10.0. The number of aromatic amines is 1. The molecule has 2 N–H and O–H groups in total. The van der Waals surface area contributed by atoms with Gasteiger partial charge in [0.15, 0.2) is 0 Å². The first-order valence-electron chi connectivity index (χ1n) is 8.61. The highest BCUT2D eigenvalue weighted by molar-refractivity contribution is 6.30. The molecule has 0 saturated heterocycles. The Labute approximate surface area is 166 Å². The van der Waals surface area contributed by atoms with Crippen molar-refractivity contribution >= 4 is 11.6 Å². The zero-order valence-corrected chi connectivity index (χ0v) is 15.4. The summed E-state index contributed by atoms with van der Waals surface area (Å²) in [5.74, 6) is 0.149. The fourth-order valence-corrected chi connectivity index (χ4v) is 3.05. The van der Waals surface area contributed by atoms with Crippen LogP contribution in [0.15, 0.2) is 72.9 Å². The Morgan fingerprint density at radius 1 is 1.00 bits per heavy atom. The predicted octanol–water partition coefficient (Wildman–Crippen LogP) is 5.82. The number of H-pyrrole nitrogens is 1. The summed E-state index contributed by atoms with van der Waals surface area (Å²) in [7, 11) is 0. The van der Waals surface area contributed by atoms with Gasteiger partial charge in [-0.15, -0.1) is 0 Å². The molecule has 4 rings (SSSR count). The molecule has 0 aliphatic carbocycles. The van der Waals surface area contributed by atoms with Gasteiger partial charge in [0.2, 0.25) is 0 Å². The Morgan fingerprint density at radius 3 is 2.54 bits per heavy atom. The smallest absolute Gasteiger partial charge is 0.129 e.